The van der Waals surface area contributed by atoms with Crippen LogP contribution < -0.4 is 0 Å². The average molecular weight is 419 g/mol. The van der Waals surface area contributed by atoms with Crippen molar-refractivity contribution in [3.05, 3.63) is 54.0 Å². The molecule has 0 spiro atoms. The maximum Gasteiger partial charge on any atom is 0.274 e. The van der Waals surface area contributed by atoms with Gasteiger partial charge in [-0.3, -0.25) is 14.9 Å². The van der Waals surface area contributed by atoms with Crippen LogP contribution in [0.25, 0.3) is 32.0 Å². The Balaban J connectivity index is 1.62. The number of likely N-dealkylation sites (N-methyl/N-ethyl adjacent to an activating group) is 1. The standard InChI is InChI=1S/C22H22N6OS/c1-14-5-3-7-16-17(14)25-26-18(16)21-24-19(20(30-21)15-6-4-8-23-13-15)22(29)28-11-9-27(2)10-12-28/h3-8,13H,9-12H2,1-2H3,(H,25,26). The molecule has 0 atom stereocenters. The number of hydrogen-bond acceptors (Lipinski definition) is 6. The number of pyridine rings is 1. The summed E-state index contributed by atoms with van der Waals surface area (Å²) in [5.74, 6) is -0.0237. The van der Waals surface area contributed by atoms with E-state index in [0.29, 0.717) is 18.8 Å². The fraction of sp³-hybridized carbons (Fsp3) is 0.273. The molecule has 152 valence electrons. The van der Waals surface area contributed by atoms with E-state index in [1.54, 1.807) is 12.4 Å². The molecule has 4 heterocycles. The number of hydrogen-bond donors (Lipinski definition) is 1. The Morgan fingerprint density at radius 2 is 1.97 bits per heavy atom. The minimum Gasteiger partial charge on any atom is -0.335 e. The summed E-state index contributed by atoms with van der Waals surface area (Å²) in [5.41, 5.74) is 4.27. The van der Waals surface area contributed by atoms with Gasteiger partial charge in [0.2, 0.25) is 0 Å². The number of carbonyl (C=O) groups is 1. The number of H-pyrrole nitrogens is 1. The number of piperazine rings is 1. The molecule has 5 rings (SSSR count). The molecule has 30 heavy (non-hydrogen) atoms. The molecule has 3 aromatic heterocycles. The number of aromatic amines is 1. The molecule has 0 bridgehead atoms. The van der Waals surface area contributed by atoms with Crippen LogP contribution in [0, 0.1) is 6.92 Å². The van der Waals surface area contributed by atoms with Gasteiger partial charge in [-0.2, -0.15) is 5.10 Å². The predicted octanol–water partition coefficient (Wildman–Crippen LogP) is 3.44. The number of thiazole rings is 1. The van der Waals surface area contributed by atoms with Crippen LogP contribution in [0.5, 0.6) is 0 Å². The maximum atomic E-state index is 13.4. The predicted molar refractivity (Wildman–Crippen MR) is 119 cm³/mol. The molecule has 0 unspecified atom stereocenters. The van der Waals surface area contributed by atoms with Crippen LogP contribution in [0.3, 0.4) is 0 Å². The van der Waals surface area contributed by atoms with Crippen molar-refractivity contribution in [1.29, 1.82) is 0 Å². The van der Waals surface area contributed by atoms with Crippen LogP contribution in [-0.4, -0.2) is 69.1 Å². The Bertz CT molecular complexity index is 1210. The van der Waals surface area contributed by atoms with Gasteiger partial charge in [0.1, 0.15) is 16.4 Å². The second-order valence-corrected chi connectivity index (χ2v) is 8.60. The number of para-hydroxylation sites is 1. The van der Waals surface area contributed by atoms with Crippen molar-refractivity contribution in [2.45, 2.75) is 6.92 Å². The van der Waals surface area contributed by atoms with Crippen LogP contribution >= 0.6 is 11.3 Å². The molecule has 1 N–H and O–H groups in total. The lowest BCUT2D eigenvalue weighted by atomic mass is 10.1. The number of aromatic nitrogens is 4. The van der Waals surface area contributed by atoms with Gasteiger partial charge >= 0.3 is 0 Å². The highest BCUT2D eigenvalue weighted by molar-refractivity contribution is 7.18. The lowest BCUT2D eigenvalue weighted by Crippen LogP contribution is -2.47. The van der Waals surface area contributed by atoms with Gasteiger partial charge in [0, 0.05) is 49.5 Å². The number of nitrogens with zero attached hydrogens (tertiary/aromatic N) is 5. The second-order valence-electron chi connectivity index (χ2n) is 7.60. The highest BCUT2D eigenvalue weighted by atomic mass is 32.1. The summed E-state index contributed by atoms with van der Waals surface area (Å²) in [4.78, 5) is 27.4. The first-order valence-corrected chi connectivity index (χ1v) is 10.8. The molecule has 1 saturated heterocycles. The largest absolute Gasteiger partial charge is 0.335 e. The number of aryl methyl sites for hydroxylation is 1. The second kappa shape index (κ2) is 7.62. The van der Waals surface area contributed by atoms with Crippen LogP contribution in [-0.2, 0) is 0 Å². The van der Waals surface area contributed by atoms with Crippen LogP contribution in [0.1, 0.15) is 16.1 Å². The van der Waals surface area contributed by atoms with Crippen molar-refractivity contribution < 1.29 is 4.79 Å². The lowest BCUT2D eigenvalue weighted by Gasteiger charge is -2.32. The minimum absolute atomic E-state index is 0.0237. The van der Waals surface area contributed by atoms with E-state index < -0.39 is 0 Å². The molecular weight excluding hydrogens is 396 g/mol. The van der Waals surface area contributed by atoms with Crippen LogP contribution in [0.15, 0.2) is 42.7 Å². The Labute approximate surface area is 178 Å². The Morgan fingerprint density at radius 1 is 1.13 bits per heavy atom. The van der Waals surface area contributed by atoms with E-state index in [1.165, 1.54) is 11.3 Å². The van der Waals surface area contributed by atoms with Crippen molar-refractivity contribution in [1.82, 2.24) is 30.0 Å². The maximum absolute atomic E-state index is 13.4. The van der Waals surface area contributed by atoms with Crippen molar-refractivity contribution >= 4 is 28.1 Å². The zero-order valence-corrected chi connectivity index (χ0v) is 17.7. The molecule has 1 amide bonds. The smallest absolute Gasteiger partial charge is 0.274 e. The Morgan fingerprint density at radius 3 is 2.73 bits per heavy atom. The molecule has 1 aliphatic heterocycles. The SMILES string of the molecule is Cc1cccc2c(-c3nc(C(=O)N4CCN(C)CC4)c(-c4cccnc4)s3)[nH]nc12. The number of benzene rings is 1. The monoisotopic (exact) mass is 418 g/mol. The van der Waals surface area contributed by atoms with Crippen LogP contribution in [0.2, 0.25) is 0 Å². The molecule has 8 heteroatoms. The average Bonchev–Trinajstić information content (AvgIpc) is 3.40. The summed E-state index contributed by atoms with van der Waals surface area (Å²) in [6.07, 6.45) is 3.52. The van der Waals surface area contributed by atoms with Gasteiger partial charge in [-0.15, -0.1) is 11.3 Å². The van der Waals surface area contributed by atoms with E-state index in [4.69, 9.17) is 4.98 Å². The van der Waals surface area contributed by atoms with Crippen molar-refractivity contribution in [2.24, 2.45) is 0 Å². The fourth-order valence-corrected chi connectivity index (χ4v) is 4.82. The van der Waals surface area contributed by atoms with Gasteiger partial charge in [0.15, 0.2) is 0 Å². The van der Waals surface area contributed by atoms with Crippen LogP contribution in [0.4, 0.5) is 0 Å². The van der Waals surface area contributed by atoms with E-state index in [1.807, 2.05) is 42.2 Å². The summed E-state index contributed by atoms with van der Waals surface area (Å²) in [6.45, 7) is 5.20. The van der Waals surface area contributed by atoms with Gasteiger partial charge in [-0.1, -0.05) is 24.3 Å². The molecule has 1 aromatic carbocycles. The topological polar surface area (TPSA) is 78.0 Å². The van der Waals surface area contributed by atoms with Gasteiger partial charge < -0.3 is 9.80 Å². The zero-order valence-electron chi connectivity index (χ0n) is 16.9. The molecule has 7 nitrogen and oxygen atoms in total. The molecule has 0 saturated carbocycles. The molecule has 4 aromatic rings. The number of carbonyl (C=O) groups excluding carboxylic acids is 1. The van der Waals surface area contributed by atoms with Crippen molar-refractivity contribution in [3.8, 4) is 21.1 Å². The number of nitrogens with one attached hydrogen (secondary N) is 1. The third-order valence-corrected chi connectivity index (χ3v) is 6.67. The number of fused-ring (bicyclic) bond motifs is 1. The summed E-state index contributed by atoms with van der Waals surface area (Å²) in [7, 11) is 2.08. The fourth-order valence-electron chi connectivity index (χ4n) is 3.77. The third-order valence-electron chi connectivity index (χ3n) is 5.54. The summed E-state index contributed by atoms with van der Waals surface area (Å²) >= 11 is 1.50. The minimum atomic E-state index is -0.0237. The van der Waals surface area contributed by atoms with Crippen molar-refractivity contribution in [2.75, 3.05) is 33.2 Å². The first-order chi connectivity index (χ1) is 14.6. The molecule has 0 aliphatic carbocycles. The first-order valence-electron chi connectivity index (χ1n) is 9.95. The lowest BCUT2D eigenvalue weighted by molar-refractivity contribution is 0.0660. The summed E-state index contributed by atoms with van der Waals surface area (Å²) in [5, 5.41) is 9.39. The number of rotatable bonds is 3. The van der Waals surface area contributed by atoms with Gasteiger partial charge in [0.25, 0.3) is 5.91 Å². The van der Waals surface area contributed by atoms with Gasteiger partial charge in [-0.25, -0.2) is 4.98 Å². The quantitative estimate of drug-likeness (QED) is 0.551. The Hall–Kier alpha value is -3.10. The molecule has 1 aliphatic rings. The van der Waals surface area contributed by atoms with E-state index in [9.17, 15) is 4.79 Å². The highest BCUT2D eigenvalue weighted by Crippen LogP contribution is 2.38. The molecule has 1 fully saturated rings. The third kappa shape index (κ3) is 3.28. The summed E-state index contributed by atoms with van der Waals surface area (Å²) < 4.78 is 0. The summed E-state index contributed by atoms with van der Waals surface area (Å²) in [6, 6.07) is 9.95. The van der Waals surface area contributed by atoms with Gasteiger partial charge in [-0.05, 0) is 25.6 Å². The van der Waals surface area contributed by atoms with E-state index in [2.05, 4.69) is 27.1 Å². The molecule has 0 radical (unpaired) electrons. The van der Waals surface area contributed by atoms with Gasteiger partial charge in [0.05, 0.1) is 10.4 Å². The molecular formula is C22H22N6OS. The zero-order chi connectivity index (χ0) is 20.7. The van der Waals surface area contributed by atoms with E-state index in [-0.39, 0.29) is 5.91 Å². The Kier molecular flexibility index (Phi) is 4.80. The van der Waals surface area contributed by atoms with E-state index >= 15 is 0 Å². The normalized spacial score (nSPS) is 15.1. The highest BCUT2D eigenvalue weighted by Gasteiger charge is 2.27. The number of amides is 1. The first kappa shape index (κ1) is 18.9. The van der Waals surface area contributed by atoms with E-state index in [0.717, 1.165) is 50.7 Å². The van der Waals surface area contributed by atoms with Crippen molar-refractivity contribution in [3.63, 3.8) is 0 Å².